The van der Waals surface area contributed by atoms with E-state index in [1.807, 2.05) is 57.0 Å². The number of benzene rings is 1. The van der Waals surface area contributed by atoms with Crippen LogP contribution in [0.2, 0.25) is 0 Å². The highest BCUT2D eigenvalue weighted by Gasteiger charge is 2.32. The van der Waals surface area contributed by atoms with Crippen LogP contribution in [0.3, 0.4) is 0 Å². The lowest BCUT2D eigenvalue weighted by atomic mass is 9.85. The Kier molecular flexibility index (Phi) is 16.7. The second kappa shape index (κ2) is 19.9. The molecule has 4 N–H and O–H groups in total. The van der Waals surface area contributed by atoms with Crippen LogP contribution in [0.15, 0.2) is 48.4 Å². The van der Waals surface area contributed by atoms with Crippen LogP contribution in [0.4, 0.5) is 22.2 Å². The van der Waals surface area contributed by atoms with Gasteiger partial charge in [-0.25, -0.2) is 9.78 Å². The summed E-state index contributed by atoms with van der Waals surface area (Å²) in [6.07, 6.45) is 12.0. The number of rotatable bonds is 8. The number of nitrogens with zero attached hydrogens (tertiary/aromatic N) is 5. The first-order chi connectivity index (χ1) is 22.7. The maximum Gasteiger partial charge on any atom is 0.410 e. The van der Waals surface area contributed by atoms with Crippen LogP contribution in [0.5, 0.6) is 0 Å². The second-order valence-corrected chi connectivity index (χ2v) is 12.2. The quantitative estimate of drug-likeness (QED) is 0.256. The molecule has 262 valence electrons. The Balaban J connectivity index is 0.00000102. The number of piperidine rings is 1. The van der Waals surface area contributed by atoms with E-state index in [9.17, 15) is 4.79 Å². The fourth-order valence-corrected chi connectivity index (χ4v) is 6.12. The van der Waals surface area contributed by atoms with Crippen LogP contribution in [0, 0.1) is 0 Å². The Morgan fingerprint density at radius 3 is 2.40 bits per heavy atom. The van der Waals surface area contributed by atoms with E-state index in [0.29, 0.717) is 24.3 Å². The van der Waals surface area contributed by atoms with E-state index in [0.717, 1.165) is 50.2 Å². The van der Waals surface area contributed by atoms with Gasteiger partial charge >= 0.3 is 6.09 Å². The SMILES string of the molecule is CC.CCC.CCc1cc(Nc2ncc3c(n2)N(/C(N)=C/C=C\C(C)N2C(=O)OCC2C)CC3C)ccc1C1CCN(C)CC1.CO. The summed E-state index contributed by atoms with van der Waals surface area (Å²) in [5.74, 6) is 2.89. The number of nitrogens with one attached hydrogen (secondary N) is 1. The number of ether oxygens (including phenoxy) is 1. The summed E-state index contributed by atoms with van der Waals surface area (Å²) in [5.41, 5.74) is 11.5. The van der Waals surface area contributed by atoms with Crippen molar-refractivity contribution in [3.8, 4) is 0 Å². The van der Waals surface area contributed by atoms with Crippen molar-refractivity contribution in [2.24, 2.45) is 5.73 Å². The highest BCUT2D eigenvalue weighted by Crippen LogP contribution is 2.37. The molecule has 2 fully saturated rings. The average molecular weight is 652 g/mol. The third-order valence-electron chi connectivity index (χ3n) is 8.52. The molecule has 0 aliphatic carbocycles. The molecule has 3 aliphatic heterocycles. The summed E-state index contributed by atoms with van der Waals surface area (Å²) in [6, 6.07) is 6.66. The van der Waals surface area contributed by atoms with Gasteiger partial charge in [0, 0.05) is 37.0 Å². The minimum absolute atomic E-state index is 0.0568. The van der Waals surface area contributed by atoms with Gasteiger partial charge in [-0.1, -0.05) is 66.2 Å². The molecule has 5 rings (SSSR count). The van der Waals surface area contributed by atoms with E-state index in [2.05, 4.69) is 68.1 Å². The van der Waals surface area contributed by atoms with Crippen LogP contribution in [0.1, 0.15) is 103 Å². The van der Waals surface area contributed by atoms with Gasteiger partial charge in [0.2, 0.25) is 5.95 Å². The van der Waals surface area contributed by atoms with Gasteiger partial charge < -0.3 is 30.7 Å². The second-order valence-electron chi connectivity index (χ2n) is 12.2. The average Bonchev–Trinajstić information content (AvgIpc) is 3.60. The lowest BCUT2D eigenvalue weighted by Gasteiger charge is -2.30. The molecule has 0 radical (unpaired) electrons. The molecule has 47 heavy (non-hydrogen) atoms. The molecular weight excluding hydrogens is 590 g/mol. The number of aliphatic hydroxyl groups excluding tert-OH is 1. The first-order valence-electron chi connectivity index (χ1n) is 17.4. The molecule has 1 aromatic carbocycles. The molecule has 2 saturated heterocycles. The summed E-state index contributed by atoms with van der Waals surface area (Å²) in [5, 5.41) is 10.4. The number of carbonyl (C=O) groups excluding carboxylic acids is 1. The Bertz CT molecular complexity index is 1310. The molecule has 0 spiro atoms. The highest BCUT2D eigenvalue weighted by molar-refractivity contribution is 5.70. The molecule has 1 aromatic heterocycles. The van der Waals surface area contributed by atoms with Crippen molar-refractivity contribution < 1.29 is 14.6 Å². The first kappa shape index (κ1) is 39.5. The number of cyclic esters (lactones) is 1. The Morgan fingerprint density at radius 1 is 1.15 bits per heavy atom. The summed E-state index contributed by atoms with van der Waals surface area (Å²) in [4.78, 5) is 27.7. The van der Waals surface area contributed by atoms with Gasteiger partial charge in [0.25, 0.3) is 0 Å². The van der Waals surface area contributed by atoms with Crippen molar-refractivity contribution in [1.29, 1.82) is 0 Å². The standard InChI is InChI=1S/C31H43N7O2.C3H8.C2H6.CH4O/c1-6-23-16-25(10-11-26(23)24-12-14-36(5)15-13-24)34-30-33-17-27-20(2)18-37(29(27)35-30)28(32)9-7-8-21(3)38-22(4)19-40-31(38)39;1-3-2;2*1-2/h7-11,16-17,20-22,24H,6,12-15,18-19,32H2,1-5H3,(H,33,34,35);3H2,1-2H3;1-2H3;2H,1H3/b8-7-,28-9+;;;. The van der Waals surface area contributed by atoms with Crippen molar-refractivity contribution in [1.82, 2.24) is 19.8 Å². The zero-order valence-corrected chi connectivity index (χ0v) is 30.6. The number of carbonyl (C=O) groups is 1. The van der Waals surface area contributed by atoms with Crippen LogP contribution in [0.25, 0.3) is 0 Å². The molecule has 3 aliphatic rings. The monoisotopic (exact) mass is 651 g/mol. The molecule has 0 bridgehead atoms. The van der Waals surface area contributed by atoms with E-state index >= 15 is 0 Å². The predicted molar refractivity (Wildman–Crippen MR) is 195 cm³/mol. The van der Waals surface area contributed by atoms with E-state index in [4.69, 9.17) is 20.6 Å². The summed E-state index contributed by atoms with van der Waals surface area (Å²) >= 11 is 0. The van der Waals surface area contributed by atoms with Crippen molar-refractivity contribution in [3.05, 3.63) is 65.1 Å². The van der Waals surface area contributed by atoms with E-state index in [-0.39, 0.29) is 24.1 Å². The van der Waals surface area contributed by atoms with Gasteiger partial charge in [-0.05, 0) is 88.5 Å². The van der Waals surface area contributed by atoms with Gasteiger partial charge in [0.15, 0.2) is 0 Å². The Morgan fingerprint density at radius 2 is 1.81 bits per heavy atom. The number of fused-ring (bicyclic) bond motifs is 1. The Hall–Kier alpha value is -3.63. The maximum atomic E-state index is 12.0. The number of aliphatic hydroxyl groups is 1. The molecular formula is C37H61N7O3. The van der Waals surface area contributed by atoms with Crippen LogP contribution < -0.4 is 16.0 Å². The van der Waals surface area contributed by atoms with E-state index < -0.39 is 0 Å². The highest BCUT2D eigenvalue weighted by atomic mass is 16.6. The normalized spacial score (nSPS) is 20.3. The third kappa shape index (κ3) is 10.4. The van der Waals surface area contributed by atoms with Gasteiger partial charge in [0.05, 0.1) is 12.1 Å². The molecule has 4 heterocycles. The summed E-state index contributed by atoms with van der Waals surface area (Å²) < 4.78 is 5.15. The van der Waals surface area contributed by atoms with Crippen LogP contribution in [-0.4, -0.2) is 83.4 Å². The van der Waals surface area contributed by atoms with Crippen molar-refractivity contribution in [2.45, 2.75) is 105 Å². The van der Waals surface area contributed by atoms with E-state index in [1.165, 1.54) is 30.4 Å². The maximum absolute atomic E-state index is 12.0. The molecule has 0 saturated carbocycles. The zero-order valence-electron chi connectivity index (χ0n) is 30.6. The molecule has 1 amide bonds. The predicted octanol–water partition coefficient (Wildman–Crippen LogP) is 7.15. The van der Waals surface area contributed by atoms with Crippen molar-refractivity contribution in [3.63, 3.8) is 0 Å². The van der Waals surface area contributed by atoms with E-state index in [1.54, 1.807) is 4.90 Å². The fraction of sp³-hybridized carbons (Fsp3) is 0.595. The van der Waals surface area contributed by atoms with Gasteiger partial charge in [-0.2, -0.15) is 4.98 Å². The lowest BCUT2D eigenvalue weighted by Crippen LogP contribution is -2.37. The van der Waals surface area contributed by atoms with Gasteiger partial charge in [0.1, 0.15) is 18.2 Å². The third-order valence-corrected chi connectivity index (χ3v) is 8.52. The minimum atomic E-state index is -0.275. The minimum Gasteiger partial charge on any atom is -0.447 e. The van der Waals surface area contributed by atoms with Gasteiger partial charge in [-0.3, -0.25) is 4.90 Å². The fourth-order valence-electron chi connectivity index (χ4n) is 6.12. The zero-order chi connectivity index (χ0) is 35.1. The molecule has 3 unspecified atom stereocenters. The van der Waals surface area contributed by atoms with Gasteiger partial charge in [-0.15, -0.1) is 0 Å². The number of hydrogen-bond donors (Lipinski definition) is 3. The molecule has 10 heteroatoms. The van der Waals surface area contributed by atoms with Crippen LogP contribution >= 0.6 is 0 Å². The topological polar surface area (TPSA) is 120 Å². The largest absolute Gasteiger partial charge is 0.447 e. The number of aryl methyl sites for hydroxylation is 1. The number of aromatic nitrogens is 2. The summed E-state index contributed by atoms with van der Waals surface area (Å²) in [6.45, 7) is 20.1. The smallest absolute Gasteiger partial charge is 0.410 e. The number of amides is 1. The number of likely N-dealkylation sites (tertiary alicyclic amines) is 1. The molecule has 2 aromatic rings. The van der Waals surface area contributed by atoms with Crippen LogP contribution in [-0.2, 0) is 11.2 Å². The first-order valence-corrected chi connectivity index (χ1v) is 17.4. The number of hydrogen-bond acceptors (Lipinski definition) is 9. The van der Waals surface area contributed by atoms with Crippen molar-refractivity contribution in [2.75, 3.05) is 50.6 Å². The number of allylic oxidation sites excluding steroid dienone is 2. The number of nitrogens with two attached hydrogens (primary N) is 1. The summed E-state index contributed by atoms with van der Waals surface area (Å²) in [7, 11) is 3.21. The lowest BCUT2D eigenvalue weighted by molar-refractivity contribution is 0.153. The van der Waals surface area contributed by atoms with Crippen molar-refractivity contribution >= 4 is 23.5 Å². The Labute approximate surface area is 284 Å². The number of anilines is 3. The molecule has 10 nitrogen and oxygen atoms in total. The molecule has 3 atom stereocenters.